The lowest BCUT2D eigenvalue weighted by Crippen LogP contribution is -2.40. The molecule has 0 bridgehead atoms. The first-order valence-electron chi connectivity index (χ1n) is 7.18. The predicted octanol–water partition coefficient (Wildman–Crippen LogP) is 1.40. The molecule has 5 atom stereocenters. The fourth-order valence-corrected chi connectivity index (χ4v) is 3.49. The highest BCUT2D eigenvalue weighted by molar-refractivity contribution is 7.84. The molecule has 0 spiro atoms. The van der Waals surface area contributed by atoms with Crippen LogP contribution < -0.4 is 5.32 Å². The predicted molar refractivity (Wildman–Crippen MR) is 78.8 cm³/mol. The number of amides is 1. The van der Waals surface area contributed by atoms with Crippen molar-refractivity contribution in [3.05, 3.63) is 0 Å². The number of aliphatic carboxylic acids is 1. The van der Waals surface area contributed by atoms with E-state index in [1.54, 1.807) is 6.26 Å². The van der Waals surface area contributed by atoms with Crippen LogP contribution in [0.1, 0.15) is 39.5 Å². The molecule has 1 fully saturated rings. The van der Waals surface area contributed by atoms with Crippen molar-refractivity contribution in [3.63, 3.8) is 0 Å². The van der Waals surface area contributed by atoms with Crippen molar-refractivity contribution >= 4 is 22.7 Å². The van der Waals surface area contributed by atoms with Crippen LogP contribution in [0, 0.1) is 17.8 Å². The molecule has 0 aromatic heterocycles. The zero-order valence-corrected chi connectivity index (χ0v) is 13.2. The van der Waals surface area contributed by atoms with Gasteiger partial charge in [0.05, 0.1) is 11.8 Å². The number of carboxylic acids is 1. The maximum Gasteiger partial charge on any atom is 0.307 e. The summed E-state index contributed by atoms with van der Waals surface area (Å²) < 4.78 is 11.0. The van der Waals surface area contributed by atoms with Crippen molar-refractivity contribution in [3.8, 4) is 0 Å². The van der Waals surface area contributed by atoms with Crippen LogP contribution in [0.3, 0.4) is 0 Å². The lowest BCUT2D eigenvalue weighted by atomic mass is 9.95. The van der Waals surface area contributed by atoms with Crippen molar-refractivity contribution < 1.29 is 18.9 Å². The van der Waals surface area contributed by atoms with Crippen molar-refractivity contribution in [1.82, 2.24) is 5.32 Å². The Bertz CT molecular complexity index is 385. The van der Waals surface area contributed by atoms with E-state index in [9.17, 15) is 18.9 Å². The topological polar surface area (TPSA) is 83.5 Å². The first-order chi connectivity index (χ1) is 9.35. The SMILES string of the molecule is CCC1C[C@H](C(=O)NC(C)CCS(C)=O)[C@H](C(=O)O)C1. The summed E-state index contributed by atoms with van der Waals surface area (Å²) in [5, 5.41) is 12.1. The molecule has 0 radical (unpaired) electrons. The standard InChI is InChI=1S/C14H25NO4S/c1-4-10-7-11(12(8-10)14(17)18)13(16)15-9(2)5-6-20(3)19/h9-12H,4-8H2,1-3H3,(H,15,16)(H,17,18)/t9?,10?,11-,12+,20?/m0/s1. The van der Waals surface area contributed by atoms with Crippen molar-refractivity contribution in [2.24, 2.45) is 17.8 Å². The maximum atomic E-state index is 12.2. The summed E-state index contributed by atoms with van der Waals surface area (Å²) in [5.74, 6) is -1.15. The molecule has 0 heterocycles. The molecule has 5 nitrogen and oxygen atoms in total. The molecule has 0 aliphatic heterocycles. The van der Waals surface area contributed by atoms with E-state index in [2.05, 4.69) is 5.32 Å². The number of carboxylic acid groups (broad SMARTS) is 1. The first-order valence-corrected chi connectivity index (χ1v) is 8.91. The molecule has 1 saturated carbocycles. The largest absolute Gasteiger partial charge is 0.481 e. The average Bonchev–Trinajstić information content (AvgIpc) is 2.80. The zero-order valence-electron chi connectivity index (χ0n) is 12.4. The molecule has 1 aliphatic rings. The van der Waals surface area contributed by atoms with Gasteiger partial charge in [-0.15, -0.1) is 0 Å². The quantitative estimate of drug-likeness (QED) is 0.744. The minimum absolute atomic E-state index is 0.0680. The van der Waals surface area contributed by atoms with Gasteiger partial charge in [0.2, 0.25) is 5.91 Å². The second-order valence-electron chi connectivity index (χ2n) is 5.77. The van der Waals surface area contributed by atoms with Gasteiger partial charge in [-0.05, 0) is 32.1 Å². The Kier molecular flexibility index (Phi) is 6.65. The Hall–Kier alpha value is -0.910. The third-order valence-electron chi connectivity index (χ3n) is 4.12. The number of carbonyl (C=O) groups is 2. The molecule has 1 rings (SSSR count). The molecule has 0 aromatic rings. The van der Waals surface area contributed by atoms with Crippen LogP contribution in [-0.4, -0.2) is 39.2 Å². The summed E-state index contributed by atoms with van der Waals surface area (Å²) >= 11 is 0. The molecule has 3 unspecified atom stereocenters. The monoisotopic (exact) mass is 303 g/mol. The van der Waals surface area contributed by atoms with Crippen LogP contribution in [0.25, 0.3) is 0 Å². The lowest BCUT2D eigenvalue weighted by molar-refractivity contribution is -0.146. The number of rotatable bonds is 7. The highest BCUT2D eigenvalue weighted by Gasteiger charge is 2.42. The van der Waals surface area contributed by atoms with E-state index in [1.165, 1.54) is 0 Å². The van der Waals surface area contributed by atoms with Gasteiger partial charge in [0, 0.05) is 28.9 Å². The summed E-state index contributed by atoms with van der Waals surface area (Å²) in [6, 6.07) is -0.0680. The van der Waals surface area contributed by atoms with Gasteiger partial charge >= 0.3 is 5.97 Å². The second-order valence-corrected chi connectivity index (χ2v) is 7.33. The number of carbonyl (C=O) groups excluding carboxylic acids is 1. The Labute approximate surface area is 123 Å². The Morgan fingerprint density at radius 1 is 1.35 bits per heavy atom. The highest BCUT2D eigenvalue weighted by atomic mass is 32.2. The van der Waals surface area contributed by atoms with Crippen LogP contribution in [-0.2, 0) is 20.4 Å². The molecule has 2 N–H and O–H groups in total. The van der Waals surface area contributed by atoms with E-state index < -0.39 is 28.6 Å². The summed E-state index contributed by atoms with van der Waals surface area (Å²) in [4.78, 5) is 23.5. The third-order valence-corrected chi connectivity index (χ3v) is 4.93. The first kappa shape index (κ1) is 17.1. The Morgan fingerprint density at radius 3 is 2.45 bits per heavy atom. The maximum absolute atomic E-state index is 12.2. The summed E-state index contributed by atoms with van der Waals surface area (Å²) in [7, 11) is -0.870. The molecule has 116 valence electrons. The fourth-order valence-electron chi connectivity index (χ4n) is 2.80. The molecule has 20 heavy (non-hydrogen) atoms. The highest BCUT2D eigenvalue weighted by Crippen LogP contribution is 2.38. The van der Waals surface area contributed by atoms with Crippen molar-refractivity contribution in [2.75, 3.05) is 12.0 Å². The molecule has 1 amide bonds. The van der Waals surface area contributed by atoms with Gasteiger partial charge in [0.15, 0.2) is 0 Å². The van der Waals surface area contributed by atoms with E-state index in [-0.39, 0.29) is 11.9 Å². The molecular formula is C14H25NO4S. The smallest absolute Gasteiger partial charge is 0.307 e. The van der Waals surface area contributed by atoms with Gasteiger partial charge in [-0.2, -0.15) is 0 Å². The lowest BCUT2D eigenvalue weighted by Gasteiger charge is -2.19. The average molecular weight is 303 g/mol. The summed E-state index contributed by atoms with van der Waals surface area (Å²) in [6.45, 7) is 3.90. The fraction of sp³-hybridized carbons (Fsp3) is 0.857. The Morgan fingerprint density at radius 2 is 1.95 bits per heavy atom. The minimum Gasteiger partial charge on any atom is -0.481 e. The zero-order chi connectivity index (χ0) is 15.3. The summed E-state index contributed by atoms with van der Waals surface area (Å²) in [5.41, 5.74) is 0. The molecule has 6 heteroatoms. The third kappa shape index (κ3) is 4.89. The van der Waals surface area contributed by atoms with E-state index in [1.807, 2.05) is 13.8 Å². The van der Waals surface area contributed by atoms with Gasteiger partial charge in [0.25, 0.3) is 0 Å². The van der Waals surface area contributed by atoms with Gasteiger partial charge in [-0.25, -0.2) is 0 Å². The summed E-state index contributed by atoms with van der Waals surface area (Å²) in [6.07, 6.45) is 4.45. The number of hydrogen-bond acceptors (Lipinski definition) is 3. The van der Waals surface area contributed by atoms with E-state index in [0.717, 1.165) is 6.42 Å². The van der Waals surface area contributed by atoms with E-state index >= 15 is 0 Å². The van der Waals surface area contributed by atoms with E-state index in [4.69, 9.17) is 0 Å². The van der Waals surface area contributed by atoms with Crippen molar-refractivity contribution in [1.29, 1.82) is 0 Å². The van der Waals surface area contributed by atoms with Gasteiger partial charge in [0.1, 0.15) is 0 Å². The van der Waals surface area contributed by atoms with Crippen LogP contribution in [0.2, 0.25) is 0 Å². The molecular weight excluding hydrogens is 278 g/mol. The van der Waals surface area contributed by atoms with Crippen molar-refractivity contribution in [2.45, 2.75) is 45.6 Å². The van der Waals surface area contributed by atoms with Gasteiger partial charge in [-0.3, -0.25) is 13.8 Å². The Balaban J connectivity index is 2.56. The number of nitrogens with one attached hydrogen (secondary N) is 1. The van der Waals surface area contributed by atoms with Gasteiger partial charge < -0.3 is 10.4 Å². The molecule has 1 aliphatic carbocycles. The van der Waals surface area contributed by atoms with Crippen LogP contribution in [0.4, 0.5) is 0 Å². The molecule has 0 saturated heterocycles. The van der Waals surface area contributed by atoms with Gasteiger partial charge in [-0.1, -0.05) is 13.3 Å². The number of hydrogen-bond donors (Lipinski definition) is 2. The second kappa shape index (κ2) is 7.76. The van der Waals surface area contributed by atoms with Crippen LogP contribution in [0.15, 0.2) is 0 Å². The van der Waals surface area contributed by atoms with Crippen LogP contribution >= 0.6 is 0 Å². The normalized spacial score (nSPS) is 28.9. The minimum atomic E-state index is -0.872. The van der Waals surface area contributed by atoms with E-state index in [0.29, 0.717) is 30.9 Å². The van der Waals surface area contributed by atoms with Crippen LogP contribution in [0.5, 0.6) is 0 Å². The molecule has 0 aromatic carbocycles.